The second-order valence-corrected chi connectivity index (χ2v) is 1.71. The Bertz CT molecular complexity index is 91.7. The fourth-order valence-corrected chi connectivity index (χ4v) is 0.638. The van der Waals surface area contributed by atoms with E-state index < -0.39 is 0 Å². The molecule has 0 aromatic carbocycles. The van der Waals surface area contributed by atoms with Crippen molar-refractivity contribution < 1.29 is 4.79 Å². The van der Waals surface area contributed by atoms with Gasteiger partial charge in [-0.3, -0.25) is 4.79 Å². The van der Waals surface area contributed by atoms with E-state index in [1.807, 2.05) is 0 Å². The summed E-state index contributed by atoms with van der Waals surface area (Å²) in [5.41, 5.74) is 5.29. The van der Waals surface area contributed by atoms with Crippen LogP contribution in [0, 0.1) is 0 Å². The minimum atomic E-state index is -0.0764. The number of carbonyl (C=O) groups is 1. The monoisotopic (exact) mass is 100 g/mol. The van der Waals surface area contributed by atoms with Crippen molar-refractivity contribution >= 4 is 5.91 Å². The Morgan fingerprint density at radius 2 is 2.57 bits per heavy atom. The normalized spacial score (nSPS) is 30.4. The van der Waals surface area contributed by atoms with E-state index in [1.54, 1.807) is 0 Å². The van der Waals surface area contributed by atoms with Crippen molar-refractivity contribution in [1.82, 2.24) is 5.32 Å². The van der Waals surface area contributed by atoms with Gasteiger partial charge in [0.1, 0.15) is 0 Å². The molecule has 1 heterocycles. The van der Waals surface area contributed by atoms with Gasteiger partial charge in [0.25, 0.3) is 0 Å². The summed E-state index contributed by atoms with van der Waals surface area (Å²) in [5, 5.41) is 2.56. The van der Waals surface area contributed by atoms with Gasteiger partial charge in [0.05, 0.1) is 6.17 Å². The van der Waals surface area contributed by atoms with Crippen molar-refractivity contribution in [2.75, 3.05) is 0 Å². The third-order valence-corrected chi connectivity index (χ3v) is 1.03. The Kier molecular flexibility index (Phi) is 0.982. The molecule has 3 nitrogen and oxygen atoms in total. The van der Waals surface area contributed by atoms with Gasteiger partial charge in [-0.2, -0.15) is 0 Å². The maximum absolute atomic E-state index is 10.3. The molecule has 1 rings (SSSR count). The summed E-state index contributed by atoms with van der Waals surface area (Å²) in [6.07, 6.45) is 1.31. The highest BCUT2D eigenvalue weighted by molar-refractivity contribution is 5.78. The lowest BCUT2D eigenvalue weighted by Gasteiger charge is -1.96. The zero-order valence-corrected chi connectivity index (χ0v) is 3.98. The van der Waals surface area contributed by atoms with Gasteiger partial charge in [0, 0.05) is 6.42 Å². The van der Waals surface area contributed by atoms with Gasteiger partial charge in [-0.1, -0.05) is 0 Å². The number of amides is 1. The Hall–Kier alpha value is -0.570. The highest BCUT2D eigenvalue weighted by Crippen LogP contribution is 1.99. The van der Waals surface area contributed by atoms with E-state index in [0.29, 0.717) is 6.42 Å². The van der Waals surface area contributed by atoms with Crippen molar-refractivity contribution in [2.24, 2.45) is 5.73 Å². The van der Waals surface area contributed by atoms with Crippen molar-refractivity contribution in [2.45, 2.75) is 19.0 Å². The van der Waals surface area contributed by atoms with E-state index in [2.05, 4.69) is 5.32 Å². The highest BCUT2D eigenvalue weighted by Gasteiger charge is 2.15. The quantitative estimate of drug-likeness (QED) is 0.418. The molecule has 1 aliphatic rings. The Labute approximate surface area is 41.9 Å². The van der Waals surface area contributed by atoms with Crippen LogP contribution in [0.2, 0.25) is 0 Å². The first-order valence-corrected chi connectivity index (χ1v) is 2.34. The second kappa shape index (κ2) is 1.50. The van der Waals surface area contributed by atoms with E-state index in [4.69, 9.17) is 5.73 Å². The molecule has 0 aromatic rings. The van der Waals surface area contributed by atoms with Crippen LogP contribution in [0.1, 0.15) is 12.8 Å². The van der Waals surface area contributed by atoms with Crippen LogP contribution in [0.5, 0.6) is 0 Å². The number of nitrogens with two attached hydrogens (primary N) is 1. The molecule has 1 atom stereocenters. The number of rotatable bonds is 0. The molecule has 7 heavy (non-hydrogen) atoms. The molecular formula is C4H8N2O. The van der Waals surface area contributed by atoms with Gasteiger partial charge in [0.2, 0.25) is 5.91 Å². The topological polar surface area (TPSA) is 55.1 Å². The lowest BCUT2D eigenvalue weighted by molar-refractivity contribution is -0.119. The fraction of sp³-hybridized carbons (Fsp3) is 0.750. The van der Waals surface area contributed by atoms with Gasteiger partial charge >= 0.3 is 0 Å². The molecule has 0 unspecified atom stereocenters. The van der Waals surface area contributed by atoms with Crippen LogP contribution in [0.15, 0.2) is 0 Å². The predicted octanol–water partition coefficient (Wildman–Crippen LogP) is -0.819. The number of hydrogen-bond acceptors (Lipinski definition) is 2. The van der Waals surface area contributed by atoms with Gasteiger partial charge in [-0.05, 0) is 6.42 Å². The molecule has 0 radical (unpaired) electrons. The third kappa shape index (κ3) is 0.899. The average molecular weight is 100 g/mol. The first kappa shape index (κ1) is 4.59. The lowest BCUT2D eigenvalue weighted by atomic mass is 10.3. The first-order chi connectivity index (χ1) is 3.29. The van der Waals surface area contributed by atoms with E-state index in [9.17, 15) is 4.79 Å². The number of nitrogens with one attached hydrogen (secondary N) is 1. The summed E-state index contributed by atoms with van der Waals surface area (Å²) in [6, 6.07) is 0. The summed E-state index contributed by atoms with van der Waals surface area (Å²) in [7, 11) is 0. The number of carbonyl (C=O) groups excluding carboxylic acids is 1. The molecule has 1 fully saturated rings. The van der Waals surface area contributed by atoms with Crippen molar-refractivity contribution in [1.29, 1.82) is 0 Å². The number of hydrogen-bond donors (Lipinski definition) is 2. The van der Waals surface area contributed by atoms with E-state index in [1.165, 1.54) is 0 Å². The molecule has 3 heteroatoms. The molecule has 0 spiro atoms. The second-order valence-electron chi connectivity index (χ2n) is 1.71. The summed E-state index contributed by atoms with van der Waals surface area (Å²) < 4.78 is 0. The van der Waals surface area contributed by atoms with Crippen LogP contribution < -0.4 is 11.1 Å². The molecular weight excluding hydrogens is 92.1 g/mol. The van der Waals surface area contributed by atoms with Crippen molar-refractivity contribution in [3.63, 3.8) is 0 Å². The smallest absolute Gasteiger partial charge is 0.221 e. The maximum Gasteiger partial charge on any atom is 0.221 e. The van der Waals surface area contributed by atoms with Gasteiger partial charge in [0.15, 0.2) is 0 Å². The third-order valence-electron chi connectivity index (χ3n) is 1.03. The zero-order valence-electron chi connectivity index (χ0n) is 3.98. The molecule has 0 aromatic heterocycles. The van der Waals surface area contributed by atoms with E-state index in [0.717, 1.165) is 6.42 Å². The molecule has 3 N–H and O–H groups in total. The van der Waals surface area contributed by atoms with Crippen LogP contribution >= 0.6 is 0 Å². The largest absolute Gasteiger partial charge is 0.341 e. The summed E-state index contributed by atoms with van der Waals surface area (Å²) >= 11 is 0. The van der Waals surface area contributed by atoms with Gasteiger partial charge in [-0.25, -0.2) is 0 Å². The van der Waals surface area contributed by atoms with Gasteiger partial charge < -0.3 is 11.1 Å². The molecule has 0 saturated carbocycles. The first-order valence-electron chi connectivity index (χ1n) is 2.34. The zero-order chi connectivity index (χ0) is 5.28. The van der Waals surface area contributed by atoms with E-state index >= 15 is 0 Å². The molecule has 0 bridgehead atoms. The average Bonchev–Trinajstić information content (AvgIpc) is 1.87. The summed E-state index contributed by atoms with van der Waals surface area (Å²) in [6.45, 7) is 0. The fourth-order valence-electron chi connectivity index (χ4n) is 0.638. The van der Waals surface area contributed by atoms with Crippen LogP contribution in [0.3, 0.4) is 0 Å². The highest BCUT2D eigenvalue weighted by atomic mass is 16.2. The molecule has 0 aliphatic carbocycles. The maximum atomic E-state index is 10.3. The standard InChI is InChI=1S/C4H8N2O/c5-3-1-2-4(7)6-3/h3H,1-2,5H2,(H,6,7)/t3-/m0/s1. The van der Waals surface area contributed by atoms with Crippen molar-refractivity contribution in [3.8, 4) is 0 Å². The lowest BCUT2D eigenvalue weighted by Crippen LogP contribution is -2.32. The van der Waals surface area contributed by atoms with Crippen LogP contribution in [-0.2, 0) is 4.79 Å². The van der Waals surface area contributed by atoms with Crippen LogP contribution in [0.4, 0.5) is 0 Å². The minimum Gasteiger partial charge on any atom is -0.341 e. The predicted molar refractivity (Wildman–Crippen MR) is 25.4 cm³/mol. The van der Waals surface area contributed by atoms with Crippen LogP contribution in [-0.4, -0.2) is 12.1 Å². The molecule has 1 aliphatic heterocycles. The molecule has 1 saturated heterocycles. The van der Waals surface area contributed by atoms with Gasteiger partial charge in [-0.15, -0.1) is 0 Å². The Morgan fingerprint density at radius 1 is 1.86 bits per heavy atom. The summed E-state index contributed by atoms with van der Waals surface area (Å²) in [4.78, 5) is 10.3. The summed E-state index contributed by atoms with van der Waals surface area (Å²) in [5.74, 6) is 0.0764. The Balaban J connectivity index is 2.40. The minimum absolute atomic E-state index is 0.0764. The molecule has 40 valence electrons. The van der Waals surface area contributed by atoms with Crippen molar-refractivity contribution in [3.05, 3.63) is 0 Å². The van der Waals surface area contributed by atoms with E-state index in [-0.39, 0.29) is 12.1 Å². The van der Waals surface area contributed by atoms with Crippen LogP contribution in [0.25, 0.3) is 0 Å². The SMILES string of the molecule is N[C@@H]1CCC(=O)N1. The Morgan fingerprint density at radius 3 is 2.71 bits per heavy atom. The molecule has 1 amide bonds.